The van der Waals surface area contributed by atoms with Crippen molar-refractivity contribution in [3.8, 4) is 5.75 Å². The first-order valence-corrected chi connectivity index (χ1v) is 7.71. The minimum absolute atomic E-state index is 0.161. The van der Waals surface area contributed by atoms with Gasteiger partial charge in [0.2, 0.25) is 0 Å². The first-order valence-electron chi connectivity index (χ1n) is 6.54. The Kier molecular flexibility index (Phi) is 5.57. The lowest BCUT2D eigenvalue weighted by Crippen LogP contribution is -2.30. The number of benzene rings is 2. The SMILES string of the molecule is C[C@@H](Oc1ccc(Br)cc1)C(=O)Nc1cc([N+](=O)[O-])ccc1Cl. The molecule has 0 aliphatic heterocycles. The summed E-state index contributed by atoms with van der Waals surface area (Å²) < 4.78 is 6.40. The average molecular weight is 400 g/mol. The number of rotatable bonds is 5. The van der Waals surface area contributed by atoms with Gasteiger partial charge in [0.05, 0.1) is 15.6 Å². The molecule has 6 nitrogen and oxygen atoms in total. The summed E-state index contributed by atoms with van der Waals surface area (Å²) in [5.74, 6) is 0.0660. The molecule has 1 amide bonds. The third-order valence-electron chi connectivity index (χ3n) is 2.91. The van der Waals surface area contributed by atoms with Gasteiger partial charge in [-0.2, -0.15) is 0 Å². The summed E-state index contributed by atoms with van der Waals surface area (Å²) in [6, 6.07) is 10.8. The van der Waals surface area contributed by atoms with Crippen LogP contribution in [0.2, 0.25) is 5.02 Å². The highest BCUT2D eigenvalue weighted by molar-refractivity contribution is 9.10. The van der Waals surface area contributed by atoms with Crippen LogP contribution in [-0.4, -0.2) is 16.9 Å². The molecule has 0 radical (unpaired) electrons. The highest BCUT2D eigenvalue weighted by Crippen LogP contribution is 2.27. The highest BCUT2D eigenvalue weighted by atomic mass is 79.9. The molecule has 0 fully saturated rings. The molecule has 0 spiro atoms. The van der Waals surface area contributed by atoms with E-state index in [1.807, 2.05) is 0 Å². The predicted octanol–water partition coefficient (Wildman–Crippen LogP) is 4.42. The van der Waals surface area contributed by atoms with Crippen LogP contribution in [-0.2, 0) is 4.79 Å². The summed E-state index contributed by atoms with van der Waals surface area (Å²) in [4.78, 5) is 22.4. The van der Waals surface area contributed by atoms with Gasteiger partial charge in [-0.25, -0.2) is 0 Å². The van der Waals surface area contributed by atoms with E-state index in [0.29, 0.717) is 5.75 Å². The number of carbonyl (C=O) groups excluding carboxylic acids is 1. The van der Waals surface area contributed by atoms with Crippen molar-refractivity contribution in [2.75, 3.05) is 5.32 Å². The van der Waals surface area contributed by atoms with E-state index in [1.54, 1.807) is 31.2 Å². The molecule has 2 aromatic carbocycles. The Morgan fingerprint density at radius 3 is 2.57 bits per heavy atom. The van der Waals surface area contributed by atoms with Gasteiger partial charge in [0.15, 0.2) is 6.10 Å². The summed E-state index contributed by atoms with van der Waals surface area (Å²) >= 11 is 9.25. The van der Waals surface area contributed by atoms with Gasteiger partial charge in [0.25, 0.3) is 11.6 Å². The zero-order chi connectivity index (χ0) is 17.0. The molecule has 0 heterocycles. The highest BCUT2D eigenvalue weighted by Gasteiger charge is 2.18. The van der Waals surface area contributed by atoms with Gasteiger partial charge in [0.1, 0.15) is 5.75 Å². The van der Waals surface area contributed by atoms with E-state index in [4.69, 9.17) is 16.3 Å². The first-order chi connectivity index (χ1) is 10.9. The van der Waals surface area contributed by atoms with Crippen LogP contribution in [0.5, 0.6) is 5.75 Å². The molecule has 2 rings (SSSR count). The smallest absolute Gasteiger partial charge is 0.271 e. The normalized spacial score (nSPS) is 11.6. The Morgan fingerprint density at radius 2 is 1.96 bits per heavy atom. The van der Waals surface area contributed by atoms with Gasteiger partial charge in [-0.3, -0.25) is 14.9 Å². The zero-order valence-electron chi connectivity index (χ0n) is 12.0. The lowest BCUT2D eigenvalue weighted by Gasteiger charge is -2.15. The van der Waals surface area contributed by atoms with Crippen molar-refractivity contribution < 1.29 is 14.5 Å². The Bertz CT molecular complexity index is 737. The fraction of sp³-hybridized carbons (Fsp3) is 0.133. The van der Waals surface area contributed by atoms with E-state index in [9.17, 15) is 14.9 Å². The van der Waals surface area contributed by atoms with Crippen molar-refractivity contribution in [3.05, 3.63) is 62.1 Å². The van der Waals surface area contributed by atoms with E-state index in [1.165, 1.54) is 18.2 Å². The van der Waals surface area contributed by atoms with Crippen molar-refractivity contribution in [2.45, 2.75) is 13.0 Å². The number of non-ortho nitro benzene ring substituents is 1. The van der Waals surface area contributed by atoms with Crippen LogP contribution in [0.25, 0.3) is 0 Å². The Hall–Kier alpha value is -2.12. The number of hydrogen-bond donors (Lipinski definition) is 1. The fourth-order valence-electron chi connectivity index (χ4n) is 1.73. The third-order valence-corrected chi connectivity index (χ3v) is 3.77. The Morgan fingerprint density at radius 1 is 1.30 bits per heavy atom. The topological polar surface area (TPSA) is 81.5 Å². The van der Waals surface area contributed by atoms with Gasteiger partial charge in [-0.15, -0.1) is 0 Å². The van der Waals surface area contributed by atoms with Crippen LogP contribution in [0.15, 0.2) is 46.9 Å². The lowest BCUT2D eigenvalue weighted by atomic mass is 10.2. The molecule has 0 aliphatic carbocycles. The maximum atomic E-state index is 12.1. The second kappa shape index (κ2) is 7.43. The Balaban J connectivity index is 2.07. The van der Waals surface area contributed by atoms with Crippen molar-refractivity contribution in [3.63, 3.8) is 0 Å². The van der Waals surface area contributed by atoms with Crippen LogP contribution < -0.4 is 10.1 Å². The monoisotopic (exact) mass is 398 g/mol. The predicted molar refractivity (Wildman–Crippen MR) is 91.0 cm³/mol. The number of carbonyl (C=O) groups is 1. The van der Waals surface area contributed by atoms with Gasteiger partial charge in [-0.05, 0) is 37.3 Å². The molecule has 120 valence electrons. The van der Waals surface area contributed by atoms with Crippen LogP contribution in [0.1, 0.15) is 6.92 Å². The summed E-state index contributed by atoms with van der Waals surface area (Å²) in [5, 5.41) is 13.5. The van der Waals surface area contributed by atoms with Crippen LogP contribution in [0, 0.1) is 10.1 Å². The fourth-order valence-corrected chi connectivity index (χ4v) is 2.16. The molecular weight excluding hydrogens is 388 g/mol. The average Bonchev–Trinajstić information content (AvgIpc) is 2.51. The third kappa shape index (κ3) is 4.67. The first kappa shape index (κ1) is 17.2. The van der Waals surface area contributed by atoms with E-state index in [-0.39, 0.29) is 16.4 Å². The molecule has 0 saturated heterocycles. The van der Waals surface area contributed by atoms with Crippen molar-refractivity contribution >= 4 is 44.8 Å². The van der Waals surface area contributed by atoms with Gasteiger partial charge in [-0.1, -0.05) is 27.5 Å². The zero-order valence-corrected chi connectivity index (χ0v) is 14.3. The second-order valence-corrected chi connectivity index (χ2v) is 5.95. The van der Waals surface area contributed by atoms with Crippen molar-refractivity contribution in [1.82, 2.24) is 0 Å². The van der Waals surface area contributed by atoms with E-state index in [0.717, 1.165) is 4.47 Å². The number of halogens is 2. The minimum atomic E-state index is -0.800. The number of anilines is 1. The summed E-state index contributed by atoms with van der Waals surface area (Å²) in [6.07, 6.45) is -0.800. The molecule has 1 atom stereocenters. The minimum Gasteiger partial charge on any atom is -0.481 e. The number of nitrogens with zero attached hydrogens (tertiary/aromatic N) is 1. The number of nitrogens with one attached hydrogen (secondary N) is 1. The van der Waals surface area contributed by atoms with E-state index >= 15 is 0 Å². The maximum absolute atomic E-state index is 12.1. The van der Waals surface area contributed by atoms with Crippen LogP contribution >= 0.6 is 27.5 Å². The molecule has 0 unspecified atom stereocenters. The molecule has 8 heteroatoms. The standard InChI is InChI=1S/C15H12BrClN2O4/c1-9(23-12-5-2-10(16)3-6-12)15(20)18-14-8-11(19(21)22)4-7-13(14)17/h2-9H,1H3,(H,18,20)/t9-/m1/s1. The maximum Gasteiger partial charge on any atom is 0.271 e. The molecule has 0 saturated carbocycles. The molecule has 0 aromatic heterocycles. The molecule has 1 N–H and O–H groups in total. The molecule has 2 aromatic rings. The largest absolute Gasteiger partial charge is 0.481 e. The Labute approximate surface area is 145 Å². The van der Waals surface area contributed by atoms with E-state index < -0.39 is 16.9 Å². The van der Waals surface area contributed by atoms with E-state index in [2.05, 4.69) is 21.2 Å². The van der Waals surface area contributed by atoms with Crippen molar-refractivity contribution in [1.29, 1.82) is 0 Å². The number of ether oxygens (including phenoxy) is 1. The number of nitro groups is 1. The van der Waals surface area contributed by atoms with Gasteiger partial charge in [0, 0.05) is 16.6 Å². The number of amides is 1. The lowest BCUT2D eigenvalue weighted by molar-refractivity contribution is -0.384. The molecule has 0 aliphatic rings. The number of nitro benzene ring substituents is 1. The quantitative estimate of drug-likeness (QED) is 0.596. The van der Waals surface area contributed by atoms with Gasteiger partial charge < -0.3 is 10.1 Å². The summed E-state index contributed by atoms with van der Waals surface area (Å²) in [6.45, 7) is 1.57. The summed E-state index contributed by atoms with van der Waals surface area (Å²) in [5.41, 5.74) is 0.00306. The molecular formula is C15H12BrClN2O4. The van der Waals surface area contributed by atoms with Crippen LogP contribution in [0.3, 0.4) is 0 Å². The summed E-state index contributed by atoms with van der Waals surface area (Å²) in [7, 11) is 0. The second-order valence-electron chi connectivity index (χ2n) is 4.62. The van der Waals surface area contributed by atoms with Crippen LogP contribution in [0.4, 0.5) is 11.4 Å². The van der Waals surface area contributed by atoms with Gasteiger partial charge >= 0.3 is 0 Å². The number of hydrogen-bond acceptors (Lipinski definition) is 4. The molecule has 23 heavy (non-hydrogen) atoms. The van der Waals surface area contributed by atoms with Crippen molar-refractivity contribution in [2.24, 2.45) is 0 Å². The molecule has 0 bridgehead atoms.